The molecule has 0 saturated carbocycles. The highest BCUT2D eigenvalue weighted by Gasteiger charge is 2.32. The first-order valence-corrected chi connectivity index (χ1v) is 7.31. The molecule has 3 atom stereocenters. The van der Waals surface area contributed by atoms with Crippen molar-refractivity contribution in [1.82, 2.24) is 9.55 Å². The minimum atomic E-state index is -0.642. The fraction of sp³-hybridized carbons (Fsp3) is 0.600. The van der Waals surface area contributed by atoms with Crippen molar-refractivity contribution in [3.8, 4) is 11.8 Å². The molecule has 0 radical (unpaired) electrons. The smallest absolute Gasteiger partial charge is 0.330 e. The van der Waals surface area contributed by atoms with Gasteiger partial charge in [-0.3, -0.25) is 14.3 Å². The van der Waals surface area contributed by atoms with Gasteiger partial charge in [0.1, 0.15) is 11.8 Å². The highest BCUT2D eigenvalue weighted by molar-refractivity contribution is 5.29. The molecule has 3 N–H and O–H groups in total. The van der Waals surface area contributed by atoms with Gasteiger partial charge in [-0.1, -0.05) is 11.8 Å². The van der Waals surface area contributed by atoms with E-state index in [-0.39, 0.29) is 24.7 Å². The number of nitrogens with zero attached hydrogens (tertiary/aromatic N) is 1. The molecule has 1 aromatic rings. The van der Waals surface area contributed by atoms with Gasteiger partial charge in [-0.2, -0.15) is 0 Å². The fourth-order valence-electron chi connectivity index (χ4n) is 2.24. The van der Waals surface area contributed by atoms with Crippen molar-refractivity contribution >= 4 is 0 Å². The van der Waals surface area contributed by atoms with Crippen LogP contribution in [0.25, 0.3) is 0 Å². The quantitative estimate of drug-likeness (QED) is 0.524. The Kier molecular flexibility index (Phi) is 5.55. The summed E-state index contributed by atoms with van der Waals surface area (Å²) in [7, 11) is 0. The van der Waals surface area contributed by atoms with Crippen LogP contribution >= 0.6 is 0 Å². The molecule has 0 unspecified atom stereocenters. The third kappa shape index (κ3) is 3.85. The van der Waals surface area contributed by atoms with Crippen molar-refractivity contribution in [2.75, 3.05) is 6.61 Å². The van der Waals surface area contributed by atoms with E-state index in [2.05, 4.69) is 16.8 Å². The van der Waals surface area contributed by atoms with Crippen molar-refractivity contribution in [3.63, 3.8) is 0 Å². The first-order valence-electron chi connectivity index (χ1n) is 7.31. The van der Waals surface area contributed by atoms with E-state index in [1.807, 2.05) is 0 Å². The van der Waals surface area contributed by atoms with Crippen LogP contribution in [0.3, 0.4) is 0 Å². The van der Waals surface area contributed by atoms with E-state index in [1.54, 1.807) is 6.92 Å². The van der Waals surface area contributed by atoms with Crippen molar-refractivity contribution in [2.45, 2.75) is 51.0 Å². The van der Waals surface area contributed by atoms with Crippen LogP contribution in [0.1, 0.15) is 44.4 Å². The van der Waals surface area contributed by atoms with E-state index in [9.17, 15) is 14.7 Å². The van der Waals surface area contributed by atoms with Crippen LogP contribution in [0.5, 0.6) is 0 Å². The SMILES string of the molecule is C[C@H]1O[C@@H](n2cc(C#CCCCCO)c(=O)[nH]c2=O)C[C@H]1O. The molecule has 22 heavy (non-hydrogen) atoms. The first-order chi connectivity index (χ1) is 10.5. The number of unbranched alkanes of at least 4 members (excludes halogenated alkanes) is 2. The number of rotatable bonds is 4. The van der Waals surface area contributed by atoms with Gasteiger partial charge in [-0.15, -0.1) is 0 Å². The zero-order valence-corrected chi connectivity index (χ0v) is 12.4. The second kappa shape index (κ2) is 7.40. The van der Waals surface area contributed by atoms with Crippen LogP contribution in [0.4, 0.5) is 0 Å². The van der Waals surface area contributed by atoms with E-state index in [4.69, 9.17) is 9.84 Å². The number of aromatic nitrogens is 2. The van der Waals surface area contributed by atoms with E-state index in [1.165, 1.54) is 10.8 Å². The summed E-state index contributed by atoms with van der Waals surface area (Å²) in [6.45, 7) is 1.84. The van der Waals surface area contributed by atoms with Gasteiger partial charge in [0, 0.05) is 25.6 Å². The van der Waals surface area contributed by atoms with Crippen LogP contribution in [0.15, 0.2) is 15.8 Å². The second-order valence-electron chi connectivity index (χ2n) is 5.29. The van der Waals surface area contributed by atoms with Gasteiger partial charge < -0.3 is 14.9 Å². The third-order valence-electron chi connectivity index (χ3n) is 3.57. The third-order valence-corrected chi connectivity index (χ3v) is 3.57. The molecule has 7 heteroatoms. The Balaban J connectivity index is 2.20. The number of nitrogens with one attached hydrogen (secondary N) is 1. The van der Waals surface area contributed by atoms with Gasteiger partial charge in [0.25, 0.3) is 5.56 Å². The van der Waals surface area contributed by atoms with E-state index in [0.717, 1.165) is 6.42 Å². The van der Waals surface area contributed by atoms with Gasteiger partial charge >= 0.3 is 5.69 Å². The molecule has 2 rings (SSSR count). The largest absolute Gasteiger partial charge is 0.396 e. The summed E-state index contributed by atoms with van der Waals surface area (Å²) in [6, 6.07) is 0. The molecule has 7 nitrogen and oxygen atoms in total. The lowest BCUT2D eigenvalue weighted by atomic mass is 10.2. The summed E-state index contributed by atoms with van der Waals surface area (Å²) in [4.78, 5) is 25.8. The predicted octanol–water partition coefficient (Wildman–Crippen LogP) is -0.281. The maximum Gasteiger partial charge on any atom is 0.330 e. The highest BCUT2D eigenvalue weighted by atomic mass is 16.5. The van der Waals surface area contributed by atoms with Crippen molar-refractivity contribution in [3.05, 3.63) is 32.6 Å². The molecular weight excluding hydrogens is 288 g/mol. The molecule has 2 heterocycles. The topological polar surface area (TPSA) is 105 Å². The minimum Gasteiger partial charge on any atom is -0.396 e. The molecule has 1 saturated heterocycles. The Morgan fingerprint density at radius 2 is 2.23 bits per heavy atom. The van der Waals surface area contributed by atoms with E-state index in [0.29, 0.717) is 12.8 Å². The Morgan fingerprint density at radius 3 is 2.86 bits per heavy atom. The molecule has 1 aliphatic rings. The average Bonchev–Trinajstić information content (AvgIpc) is 2.80. The van der Waals surface area contributed by atoms with Gasteiger partial charge in [-0.05, 0) is 19.8 Å². The standard InChI is InChI=1S/C15H20N2O5/c1-10-12(19)8-13(22-10)17-9-11(14(20)16-15(17)21)6-4-2-3-5-7-18/h9-10,12-13,18-19H,2-3,5,7-8H2,1H3,(H,16,20,21)/t10-,12-,13-/m1/s1. The molecule has 0 aromatic carbocycles. The molecule has 1 fully saturated rings. The number of aliphatic hydroxyl groups excluding tert-OH is 2. The molecule has 0 amide bonds. The predicted molar refractivity (Wildman–Crippen MR) is 79.3 cm³/mol. The molecule has 1 aliphatic heterocycles. The molecule has 120 valence electrons. The number of H-pyrrole nitrogens is 1. The summed E-state index contributed by atoms with van der Waals surface area (Å²) in [5.74, 6) is 5.58. The van der Waals surface area contributed by atoms with Crippen molar-refractivity contribution in [1.29, 1.82) is 0 Å². The number of ether oxygens (including phenoxy) is 1. The van der Waals surface area contributed by atoms with Gasteiger partial charge in [0.15, 0.2) is 0 Å². The van der Waals surface area contributed by atoms with Crippen molar-refractivity contribution < 1.29 is 14.9 Å². The maximum atomic E-state index is 11.9. The summed E-state index contributed by atoms with van der Waals surface area (Å²) in [5.41, 5.74) is -0.939. The Bertz CT molecular complexity index is 672. The van der Waals surface area contributed by atoms with E-state index < -0.39 is 23.6 Å². The molecule has 0 spiro atoms. The maximum absolute atomic E-state index is 11.9. The zero-order chi connectivity index (χ0) is 16.1. The van der Waals surface area contributed by atoms with Gasteiger partial charge in [0.05, 0.1) is 12.2 Å². The molecule has 0 bridgehead atoms. The number of aliphatic hydroxyl groups is 2. The summed E-state index contributed by atoms with van der Waals surface area (Å²) < 4.78 is 6.76. The zero-order valence-electron chi connectivity index (χ0n) is 12.4. The number of hydrogen-bond donors (Lipinski definition) is 3. The Morgan fingerprint density at radius 1 is 1.45 bits per heavy atom. The molecule has 1 aromatic heterocycles. The highest BCUT2D eigenvalue weighted by Crippen LogP contribution is 2.26. The van der Waals surface area contributed by atoms with Gasteiger partial charge in [-0.25, -0.2) is 4.79 Å². The average molecular weight is 308 g/mol. The fourth-order valence-corrected chi connectivity index (χ4v) is 2.24. The van der Waals surface area contributed by atoms with Crippen LogP contribution in [-0.2, 0) is 4.74 Å². The van der Waals surface area contributed by atoms with Crippen LogP contribution in [0.2, 0.25) is 0 Å². The molecular formula is C15H20N2O5. The summed E-state index contributed by atoms with van der Waals surface area (Å²) >= 11 is 0. The lowest BCUT2D eigenvalue weighted by Crippen LogP contribution is -2.33. The first kappa shape index (κ1) is 16.5. The summed E-state index contributed by atoms with van der Waals surface area (Å²) in [6.07, 6.45) is 2.02. The lowest BCUT2D eigenvalue weighted by Gasteiger charge is -2.13. The van der Waals surface area contributed by atoms with E-state index >= 15 is 0 Å². The monoisotopic (exact) mass is 308 g/mol. The number of hydrogen-bond acceptors (Lipinski definition) is 5. The second-order valence-corrected chi connectivity index (χ2v) is 5.29. The normalized spacial score (nSPS) is 24.0. The summed E-state index contributed by atoms with van der Waals surface area (Å²) in [5, 5.41) is 18.4. The minimum absolute atomic E-state index is 0.118. The van der Waals surface area contributed by atoms with Crippen LogP contribution in [0, 0.1) is 11.8 Å². The number of aromatic amines is 1. The van der Waals surface area contributed by atoms with Crippen LogP contribution < -0.4 is 11.2 Å². The Hall–Kier alpha value is -1.88. The Labute approximate surface area is 127 Å². The molecule has 0 aliphatic carbocycles. The van der Waals surface area contributed by atoms with Crippen LogP contribution in [-0.4, -0.2) is 38.6 Å². The lowest BCUT2D eigenvalue weighted by molar-refractivity contribution is -0.0101. The van der Waals surface area contributed by atoms with Crippen molar-refractivity contribution in [2.24, 2.45) is 0 Å². The van der Waals surface area contributed by atoms with Gasteiger partial charge in [0.2, 0.25) is 0 Å².